The van der Waals surface area contributed by atoms with Gasteiger partial charge in [0, 0.05) is 18.5 Å². The third kappa shape index (κ3) is 3.01. The Hall–Kier alpha value is -0.960. The second-order valence-corrected chi connectivity index (χ2v) is 4.01. The number of carbonyl (C=O) groups is 1. The number of carbonyl (C=O) groups excluding carboxylic acids is 1. The number of furan rings is 1. The van der Waals surface area contributed by atoms with E-state index in [9.17, 15) is 4.79 Å². The zero-order chi connectivity index (χ0) is 12.0. The van der Waals surface area contributed by atoms with Crippen LogP contribution in [0.1, 0.15) is 37.2 Å². The second kappa shape index (κ2) is 6.59. The fraction of sp³-hybridized carbons (Fsp3) is 0.583. The van der Waals surface area contributed by atoms with Crippen LogP contribution in [-0.2, 0) is 0 Å². The lowest BCUT2D eigenvalue weighted by atomic mass is 10.1. The summed E-state index contributed by atoms with van der Waals surface area (Å²) < 4.78 is 5.13. The summed E-state index contributed by atoms with van der Waals surface area (Å²) in [6.07, 6.45) is 3.37. The van der Waals surface area contributed by atoms with E-state index in [1.54, 1.807) is 17.0 Å². The van der Waals surface area contributed by atoms with Crippen LogP contribution in [0.5, 0.6) is 0 Å². The van der Waals surface area contributed by atoms with E-state index in [2.05, 4.69) is 13.8 Å². The highest BCUT2D eigenvalue weighted by molar-refractivity contribution is 6.18. The van der Waals surface area contributed by atoms with Crippen LogP contribution in [0.4, 0.5) is 0 Å². The van der Waals surface area contributed by atoms with Crippen LogP contribution in [0.3, 0.4) is 0 Å². The molecular weight excluding hydrogens is 226 g/mol. The lowest BCUT2D eigenvalue weighted by Gasteiger charge is -2.29. The average Bonchev–Trinajstić information content (AvgIpc) is 2.82. The van der Waals surface area contributed by atoms with E-state index in [1.807, 2.05) is 0 Å². The number of nitrogens with zero attached hydrogens (tertiary/aromatic N) is 1. The van der Waals surface area contributed by atoms with Crippen molar-refractivity contribution in [2.75, 3.05) is 12.4 Å². The van der Waals surface area contributed by atoms with Gasteiger partial charge >= 0.3 is 0 Å². The highest BCUT2D eigenvalue weighted by Gasteiger charge is 2.23. The molecule has 1 rings (SSSR count). The van der Waals surface area contributed by atoms with Gasteiger partial charge in [-0.25, -0.2) is 0 Å². The molecule has 0 aromatic carbocycles. The first-order valence-corrected chi connectivity index (χ1v) is 6.18. The van der Waals surface area contributed by atoms with Crippen LogP contribution >= 0.6 is 11.6 Å². The van der Waals surface area contributed by atoms with E-state index < -0.39 is 0 Å². The summed E-state index contributed by atoms with van der Waals surface area (Å²) >= 11 is 5.74. The van der Waals surface area contributed by atoms with Gasteiger partial charge in [-0.1, -0.05) is 13.8 Å². The molecular formula is C12H18ClNO2. The minimum atomic E-state index is -0.0700. The van der Waals surface area contributed by atoms with Gasteiger partial charge in [0.1, 0.15) is 0 Å². The topological polar surface area (TPSA) is 33.5 Å². The molecule has 0 N–H and O–H groups in total. The van der Waals surface area contributed by atoms with E-state index >= 15 is 0 Å². The maximum atomic E-state index is 12.1. The molecule has 0 unspecified atom stereocenters. The molecule has 0 aliphatic carbocycles. The summed E-state index contributed by atoms with van der Waals surface area (Å²) in [7, 11) is 0. The minimum Gasteiger partial charge on any atom is -0.459 e. The number of alkyl halides is 1. The van der Waals surface area contributed by atoms with Crippen molar-refractivity contribution < 1.29 is 9.21 Å². The molecule has 0 aliphatic heterocycles. The Labute approximate surface area is 101 Å². The molecule has 1 aromatic heterocycles. The smallest absolute Gasteiger partial charge is 0.289 e. The molecule has 1 aromatic rings. The molecule has 0 aliphatic rings. The van der Waals surface area contributed by atoms with Gasteiger partial charge < -0.3 is 9.32 Å². The predicted molar refractivity (Wildman–Crippen MR) is 64.8 cm³/mol. The number of amides is 1. The molecule has 0 atom stereocenters. The molecule has 1 amide bonds. The lowest BCUT2D eigenvalue weighted by molar-refractivity contribution is 0.0649. The van der Waals surface area contributed by atoms with Crippen LogP contribution in [0.2, 0.25) is 0 Å². The van der Waals surface area contributed by atoms with E-state index in [0.29, 0.717) is 18.2 Å². The van der Waals surface area contributed by atoms with Gasteiger partial charge in [0.25, 0.3) is 5.91 Å². The highest BCUT2D eigenvalue weighted by atomic mass is 35.5. The van der Waals surface area contributed by atoms with Crippen LogP contribution in [0.15, 0.2) is 22.8 Å². The third-order valence-corrected chi connectivity index (χ3v) is 2.87. The first-order valence-electron chi connectivity index (χ1n) is 5.65. The summed E-state index contributed by atoms with van der Waals surface area (Å²) in [6, 6.07) is 3.64. The van der Waals surface area contributed by atoms with Gasteiger partial charge in [-0.2, -0.15) is 0 Å². The van der Waals surface area contributed by atoms with Gasteiger partial charge in [0.15, 0.2) is 5.76 Å². The van der Waals surface area contributed by atoms with Crippen LogP contribution < -0.4 is 0 Å². The van der Waals surface area contributed by atoms with Crippen molar-refractivity contribution in [3.05, 3.63) is 24.2 Å². The van der Waals surface area contributed by atoms with Gasteiger partial charge in [-0.05, 0) is 25.0 Å². The van der Waals surface area contributed by atoms with E-state index in [0.717, 1.165) is 12.8 Å². The van der Waals surface area contributed by atoms with Crippen molar-refractivity contribution in [2.45, 2.75) is 32.7 Å². The average molecular weight is 244 g/mol. The molecule has 16 heavy (non-hydrogen) atoms. The molecule has 0 fully saturated rings. The molecule has 90 valence electrons. The monoisotopic (exact) mass is 243 g/mol. The Balaban J connectivity index is 2.80. The maximum Gasteiger partial charge on any atom is 0.289 e. The van der Waals surface area contributed by atoms with Gasteiger partial charge in [-0.3, -0.25) is 4.79 Å². The van der Waals surface area contributed by atoms with E-state index in [4.69, 9.17) is 16.0 Å². The van der Waals surface area contributed by atoms with Crippen molar-refractivity contribution >= 4 is 17.5 Å². The van der Waals surface area contributed by atoms with Crippen LogP contribution in [0, 0.1) is 0 Å². The summed E-state index contributed by atoms with van der Waals surface area (Å²) in [6.45, 7) is 4.71. The quantitative estimate of drug-likeness (QED) is 0.720. The van der Waals surface area contributed by atoms with Crippen molar-refractivity contribution in [3.63, 3.8) is 0 Å². The first kappa shape index (κ1) is 13.1. The minimum absolute atomic E-state index is 0.0700. The van der Waals surface area contributed by atoms with Crippen molar-refractivity contribution in [1.82, 2.24) is 4.90 Å². The number of hydrogen-bond acceptors (Lipinski definition) is 2. The van der Waals surface area contributed by atoms with Gasteiger partial charge in [-0.15, -0.1) is 11.6 Å². The SMILES string of the molecule is CCC(CC)N(CCCl)C(=O)c1ccco1. The van der Waals surface area contributed by atoms with Crippen LogP contribution in [-0.4, -0.2) is 29.3 Å². The van der Waals surface area contributed by atoms with E-state index in [1.165, 1.54) is 6.26 Å². The standard InChI is InChI=1S/C12H18ClNO2/c1-3-10(4-2)14(8-7-13)12(15)11-6-5-9-16-11/h5-6,9-10H,3-4,7-8H2,1-2H3. The first-order chi connectivity index (χ1) is 7.74. The van der Waals surface area contributed by atoms with E-state index in [-0.39, 0.29) is 11.9 Å². The Kier molecular flexibility index (Phi) is 5.39. The Bertz CT molecular complexity index is 307. The molecule has 0 bridgehead atoms. The van der Waals surface area contributed by atoms with Crippen molar-refractivity contribution in [3.8, 4) is 0 Å². The van der Waals surface area contributed by atoms with Gasteiger partial charge in [0.05, 0.1) is 6.26 Å². The Morgan fingerprint density at radius 2 is 2.19 bits per heavy atom. The molecule has 0 saturated carbocycles. The van der Waals surface area contributed by atoms with Gasteiger partial charge in [0.2, 0.25) is 0 Å². The molecule has 0 saturated heterocycles. The predicted octanol–water partition coefficient (Wildman–Crippen LogP) is 3.15. The summed E-state index contributed by atoms with van der Waals surface area (Å²) in [5, 5.41) is 0. The van der Waals surface area contributed by atoms with Crippen LogP contribution in [0.25, 0.3) is 0 Å². The largest absolute Gasteiger partial charge is 0.459 e. The molecule has 0 spiro atoms. The summed E-state index contributed by atoms with van der Waals surface area (Å²) in [4.78, 5) is 13.9. The fourth-order valence-electron chi connectivity index (χ4n) is 1.81. The summed E-state index contributed by atoms with van der Waals surface area (Å²) in [5.74, 6) is 0.763. The summed E-state index contributed by atoms with van der Waals surface area (Å²) in [5.41, 5.74) is 0. The molecule has 3 nitrogen and oxygen atoms in total. The van der Waals surface area contributed by atoms with Crippen molar-refractivity contribution in [1.29, 1.82) is 0 Å². The molecule has 4 heteroatoms. The zero-order valence-corrected chi connectivity index (χ0v) is 10.5. The zero-order valence-electron chi connectivity index (χ0n) is 9.78. The lowest BCUT2D eigenvalue weighted by Crippen LogP contribution is -2.40. The fourth-order valence-corrected chi connectivity index (χ4v) is 1.99. The number of rotatable bonds is 6. The highest BCUT2D eigenvalue weighted by Crippen LogP contribution is 2.14. The molecule has 1 heterocycles. The second-order valence-electron chi connectivity index (χ2n) is 3.64. The van der Waals surface area contributed by atoms with Crippen molar-refractivity contribution in [2.24, 2.45) is 0 Å². The number of halogens is 1. The normalized spacial score (nSPS) is 10.8. The maximum absolute atomic E-state index is 12.1. The Morgan fingerprint density at radius 3 is 2.62 bits per heavy atom. The third-order valence-electron chi connectivity index (χ3n) is 2.70. The molecule has 0 radical (unpaired) electrons. The Morgan fingerprint density at radius 1 is 1.50 bits per heavy atom. The number of hydrogen-bond donors (Lipinski definition) is 0.